The number of nitrogens with one attached hydrogen (secondary N) is 1. The van der Waals surface area contributed by atoms with Gasteiger partial charge < -0.3 is 10.1 Å². The van der Waals surface area contributed by atoms with Crippen LogP contribution in [0.3, 0.4) is 0 Å². The Morgan fingerprint density at radius 2 is 2.29 bits per heavy atom. The van der Waals surface area contributed by atoms with Crippen LogP contribution in [0, 0.1) is 0 Å². The van der Waals surface area contributed by atoms with Crippen LogP contribution in [0.5, 0.6) is 0 Å². The Labute approximate surface area is 110 Å². The van der Waals surface area contributed by atoms with E-state index in [2.05, 4.69) is 5.32 Å². The Balaban J connectivity index is 2.04. The van der Waals surface area contributed by atoms with Crippen LogP contribution in [0.25, 0.3) is 0 Å². The molecule has 0 aromatic heterocycles. The molecule has 1 N–H and O–H groups in total. The van der Waals surface area contributed by atoms with Crippen molar-refractivity contribution in [1.29, 1.82) is 0 Å². The highest BCUT2D eigenvalue weighted by atomic mass is 35.5. The topological polar surface area (TPSA) is 38.3 Å². The summed E-state index contributed by atoms with van der Waals surface area (Å²) in [6, 6.07) is 4.90. The number of carbonyl (C=O) groups is 1. The van der Waals surface area contributed by atoms with Gasteiger partial charge in [-0.05, 0) is 23.8 Å². The van der Waals surface area contributed by atoms with Gasteiger partial charge in [0.15, 0.2) is 5.78 Å². The van der Waals surface area contributed by atoms with Crippen LogP contribution in [0.15, 0.2) is 18.2 Å². The molecule has 1 fully saturated rings. The maximum Gasteiger partial charge on any atom is 0.156 e. The highest BCUT2D eigenvalue weighted by molar-refractivity contribution is 6.33. The zero-order chi connectivity index (χ0) is 12.3. The van der Waals surface area contributed by atoms with Crippen molar-refractivity contribution in [3.8, 4) is 0 Å². The van der Waals surface area contributed by atoms with Gasteiger partial charge in [0.25, 0.3) is 0 Å². The molecule has 1 aliphatic heterocycles. The van der Waals surface area contributed by atoms with E-state index in [0.29, 0.717) is 29.8 Å². The molecule has 0 aliphatic carbocycles. The van der Waals surface area contributed by atoms with Gasteiger partial charge in [-0.3, -0.25) is 4.79 Å². The van der Waals surface area contributed by atoms with Crippen molar-refractivity contribution in [3.63, 3.8) is 0 Å². The first-order chi connectivity index (χ1) is 8.16. The summed E-state index contributed by atoms with van der Waals surface area (Å²) in [6.45, 7) is 1.79. The number of ketones is 1. The summed E-state index contributed by atoms with van der Waals surface area (Å²) in [5.41, 5.74) is 0.761. The summed E-state index contributed by atoms with van der Waals surface area (Å²) in [5, 5.41) is 4.28. The van der Waals surface area contributed by atoms with E-state index in [-0.39, 0.29) is 18.2 Å². The zero-order valence-electron chi connectivity index (χ0n) is 9.21. The monoisotopic (exact) mass is 273 g/mol. The van der Waals surface area contributed by atoms with E-state index in [1.807, 2.05) is 0 Å². The van der Waals surface area contributed by atoms with Crippen LogP contribution in [-0.2, 0) is 16.0 Å². The number of carbonyl (C=O) groups excluding carboxylic acids is 1. The molecule has 0 bridgehead atoms. The predicted molar refractivity (Wildman–Crippen MR) is 67.8 cm³/mol. The molecule has 1 heterocycles. The minimum atomic E-state index is -0.237. The van der Waals surface area contributed by atoms with Crippen molar-refractivity contribution in [3.05, 3.63) is 33.8 Å². The van der Waals surface area contributed by atoms with Crippen LogP contribution >= 0.6 is 23.2 Å². The standard InChI is InChI=1S/C12H13Cl2NO2/c13-9-1-2-10(14)8(5-9)6-12(16)11-7-17-4-3-15-11/h1-2,5,11,15H,3-4,6-7H2. The van der Waals surface area contributed by atoms with Crippen LogP contribution in [0.2, 0.25) is 10.0 Å². The van der Waals surface area contributed by atoms with Crippen LogP contribution in [0.1, 0.15) is 5.56 Å². The van der Waals surface area contributed by atoms with Crippen molar-refractivity contribution in [2.75, 3.05) is 19.8 Å². The normalized spacial score (nSPS) is 20.2. The SMILES string of the molecule is O=C(Cc1cc(Cl)ccc1Cl)C1COCCN1. The summed E-state index contributed by atoms with van der Waals surface area (Å²) in [5.74, 6) is 0.0777. The van der Waals surface area contributed by atoms with Gasteiger partial charge in [-0.1, -0.05) is 23.2 Å². The van der Waals surface area contributed by atoms with E-state index in [4.69, 9.17) is 27.9 Å². The Hall–Kier alpha value is -0.610. The van der Waals surface area contributed by atoms with Crippen LogP contribution < -0.4 is 5.32 Å². The molecule has 1 aromatic rings. The molecule has 2 rings (SSSR count). The van der Waals surface area contributed by atoms with Gasteiger partial charge in [-0.15, -0.1) is 0 Å². The van der Waals surface area contributed by atoms with E-state index in [0.717, 1.165) is 5.56 Å². The number of morpholine rings is 1. The number of ether oxygens (including phenoxy) is 1. The average Bonchev–Trinajstić information content (AvgIpc) is 2.35. The van der Waals surface area contributed by atoms with Gasteiger partial charge in [-0.25, -0.2) is 0 Å². The summed E-state index contributed by atoms with van der Waals surface area (Å²) in [7, 11) is 0. The van der Waals surface area contributed by atoms with Gasteiger partial charge in [0.05, 0.1) is 19.3 Å². The molecule has 0 spiro atoms. The van der Waals surface area contributed by atoms with E-state index >= 15 is 0 Å². The largest absolute Gasteiger partial charge is 0.378 e. The molecule has 1 aliphatic rings. The molecule has 1 atom stereocenters. The van der Waals surface area contributed by atoms with E-state index in [1.54, 1.807) is 18.2 Å². The average molecular weight is 274 g/mol. The lowest BCUT2D eigenvalue weighted by molar-refractivity contribution is -0.123. The lowest BCUT2D eigenvalue weighted by atomic mass is 10.0. The first kappa shape index (κ1) is 12.8. The maximum absolute atomic E-state index is 12.0. The van der Waals surface area contributed by atoms with Gasteiger partial charge in [0, 0.05) is 23.0 Å². The number of halogens is 2. The van der Waals surface area contributed by atoms with Gasteiger partial charge in [0.1, 0.15) is 0 Å². The zero-order valence-corrected chi connectivity index (χ0v) is 10.7. The molecule has 92 valence electrons. The van der Waals surface area contributed by atoms with Crippen molar-refractivity contribution < 1.29 is 9.53 Å². The first-order valence-corrected chi connectivity index (χ1v) is 6.20. The van der Waals surface area contributed by atoms with Crippen LogP contribution in [-0.4, -0.2) is 31.6 Å². The third-order valence-electron chi connectivity index (χ3n) is 2.68. The number of Topliss-reactive ketones (excluding diaryl/α,β-unsaturated/α-hetero) is 1. The van der Waals surface area contributed by atoms with Crippen molar-refractivity contribution in [2.45, 2.75) is 12.5 Å². The molecule has 5 heteroatoms. The van der Waals surface area contributed by atoms with Gasteiger partial charge >= 0.3 is 0 Å². The molecule has 3 nitrogen and oxygen atoms in total. The van der Waals surface area contributed by atoms with Gasteiger partial charge in [0.2, 0.25) is 0 Å². The van der Waals surface area contributed by atoms with Crippen molar-refractivity contribution in [1.82, 2.24) is 5.32 Å². The molecule has 0 amide bonds. The molecule has 1 unspecified atom stereocenters. The minimum absolute atomic E-state index is 0.0777. The highest BCUT2D eigenvalue weighted by Gasteiger charge is 2.21. The van der Waals surface area contributed by atoms with Crippen molar-refractivity contribution >= 4 is 29.0 Å². The Kier molecular flexibility index (Phi) is 4.40. The minimum Gasteiger partial charge on any atom is -0.378 e. The summed E-state index contributed by atoms with van der Waals surface area (Å²) in [6.07, 6.45) is 0.278. The molecule has 1 aromatic carbocycles. The van der Waals surface area contributed by atoms with Crippen LogP contribution in [0.4, 0.5) is 0 Å². The van der Waals surface area contributed by atoms with E-state index in [9.17, 15) is 4.79 Å². The quantitative estimate of drug-likeness (QED) is 0.917. The maximum atomic E-state index is 12.0. The summed E-state index contributed by atoms with van der Waals surface area (Å²) in [4.78, 5) is 12.0. The third-order valence-corrected chi connectivity index (χ3v) is 3.29. The predicted octanol–water partition coefficient (Wildman–Crippen LogP) is 2.09. The Morgan fingerprint density at radius 1 is 1.47 bits per heavy atom. The lowest BCUT2D eigenvalue weighted by Crippen LogP contribution is -2.47. The van der Waals surface area contributed by atoms with Crippen molar-refractivity contribution in [2.24, 2.45) is 0 Å². The molecule has 0 saturated carbocycles. The first-order valence-electron chi connectivity index (χ1n) is 5.44. The third kappa shape index (κ3) is 3.42. The van der Waals surface area contributed by atoms with E-state index in [1.165, 1.54) is 0 Å². The lowest BCUT2D eigenvalue weighted by Gasteiger charge is -2.22. The fourth-order valence-corrected chi connectivity index (χ4v) is 2.14. The smallest absolute Gasteiger partial charge is 0.156 e. The fourth-order valence-electron chi connectivity index (χ4n) is 1.76. The summed E-state index contributed by atoms with van der Waals surface area (Å²) >= 11 is 11.9. The molecular formula is C12H13Cl2NO2. The second-order valence-corrected chi connectivity index (χ2v) is 4.80. The molecule has 1 saturated heterocycles. The number of hydrogen-bond donors (Lipinski definition) is 1. The van der Waals surface area contributed by atoms with E-state index < -0.39 is 0 Å². The molecule has 0 radical (unpaired) electrons. The second kappa shape index (κ2) is 5.83. The van der Waals surface area contributed by atoms with Gasteiger partial charge in [-0.2, -0.15) is 0 Å². The second-order valence-electron chi connectivity index (χ2n) is 3.96. The molecule has 17 heavy (non-hydrogen) atoms. The number of rotatable bonds is 3. The highest BCUT2D eigenvalue weighted by Crippen LogP contribution is 2.21. The number of benzene rings is 1. The fraction of sp³-hybridized carbons (Fsp3) is 0.417. The molecular weight excluding hydrogens is 261 g/mol. The summed E-state index contributed by atoms with van der Waals surface area (Å²) < 4.78 is 5.25. The Bertz CT molecular complexity index is 417. The Morgan fingerprint density at radius 3 is 3.00 bits per heavy atom. The number of hydrogen-bond acceptors (Lipinski definition) is 3.